The minimum atomic E-state index is -2.04. The van der Waals surface area contributed by atoms with Gasteiger partial charge in [-0.15, -0.1) is 0 Å². The molecule has 174 valence electrons. The molecule has 0 saturated heterocycles. The van der Waals surface area contributed by atoms with Crippen molar-refractivity contribution >= 4 is 39.4 Å². The zero-order chi connectivity index (χ0) is 24.2. The molecule has 0 bridgehead atoms. The van der Waals surface area contributed by atoms with Gasteiger partial charge in [-0.05, 0) is 36.3 Å². The number of methoxy groups -OCH3 is 2. The highest BCUT2D eigenvalue weighted by Gasteiger charge is 2.57. The fourth-order valence-electron chi connectivity index (χ4n) is 3.84. The molecule has 2 aromatic carbocycles. The highest BCUT2D eigenvalue weighted by Crippen LogP contribution is 2.44. The molecule has 1 aliphatic heterocycles. The van der Waals surface area contributed by atoms with Crippen LogP contribution in [0.1, 0.15) is 30.9 Å². The second-order valence-electron chi connectivity index (χ2n) is 7.32. The number of hydrogen-bond acceptors (Lipinski definition) is 6. The van der Waals surface area contributed by atoms with Crippen molar-refractivity contribution in [2.45, 2.75) is 25.3 Å². The van der Waals surface area contributed by atoms with Crippen molar-refractivity contribution in [3.05, 3.63) is 64.1 Å². The second kappa shape index (κ2) is 10.1. The van der Waals surface area contributed by atoms with E-state index >= 15 is 0 Å². The number of halogens is 1. The predicted molar refractivity (Wildman–Crippen MR) is 126 cm³/mol. The van der Waals surface area contributed by atoms with E-state index in [4.69, 9.17) is 14.2 Å². The third kappa shape index (κ3) is 4.59. The Morgan fingerprint density at radius 2 is 1.76 bits per heavy atom. The summed E-state index contributed by atoms with van der Waals surface area (Å²) in [5.41, 5.74) is -0.273. The van der Waals surface area contributed by atoms with Crippen LogP contribution >= 0.6 is 15.9 Å². The molecule has 0 radical (unpaired) electrons. The summed E-state index contributed by atoms with van der Waals surface area (Å²) < 4.78 is 16.6. The van der Waals surface area contributed by atoms with Crippen molar-refractivity contribution in [1.29, 1.82) is 0 Å². The summed E-state index contributed by atoms with van der Waals surface area (Å²) in [6.07, 6.45) is 1.73. The van der Waals surface area contributed by atoms with Crippen LogP contribution in [0.15, 0.2) is 53.0 Å². The Morgan fingerprint density at radius 1 is 1.12 bits per heavy atom. The number of ether oxygens (including phenoxy) is 3. The number of amides is 2. The zero-order valence-corrected chi connectivity index (χ0v) is 20.3. The zero-order valence-electron chi connectivity index (χ0n) is 18.7. The van der Waals surface area contributed by atoms with Gasteiger partial charge in [-0.1, -0.05) is 46.3 Å². The quantitative estimate of drug-likeness (QED) is 0.432. The third-order valence-electron chi connectivity index (χ3n) is 5.30. The molecule has 9 heteroatoms. The topological polar surface area (TPSA) is 103 Å². The largest absolute Gasteiger partial charge is 0.493 e. The first kappa shape index (κ1) is 24.3. The van der Waals surface area contributed by atoms with Crippen LogP contribution in [0.2, 0.25) is 0 Å². The highest BCUT2D eigenvalue weighted by atomic mass is 79.9. The Morgan fingerprint density at radius 3 is 2.33 bits per heavy atom. The van der Waals surface area contributed by atoms with Gasteiger partial charge in [-0.25, -0.2) is 4.79 Å². The van der Waals surface area contributed by atoms with E-state index < -0.39 is 29.2 Å². The molecule has 0 aliphatic carbocycles. The molecule has 33 heavy (non-hydrogen) atoms. The van der Waals surface area contributed by atoms with Crippen molar-refractivity contribution in [3.63, 3.8) is 0 Å². The molecule has 2 unspecified atom stereocenters. The van der Waals surface area contributed by atoms with E-state index in [2.05, 4.69) is 26.6 Å². The van der Waals surface area contributed by atoms with Gasteiger partial charge in [0, 0.05) is 23.0 Å². The van der Waals surface area contributed by atoms with Crippen LogP contribution in [-0.2, 0) is 19.1 Å². The average molecular weight is 517 g/mol. The highest BCUT2D eigenvalue weighted by molar-refractivity contribution is 9.10. The molecule has 2 amide bonds. The summed E-state index contributed by atoms with van der Waals surface area (Å²) in [5, 5.41) is 5.35. The van der Waals surface area contributed by atoms with Gasteiger partial charge < -0.3 is 24.8 Å². The maximum atomic E-state index is 13.6. The summed E-state index contributed by atoms with van der Waals surface area (Å²) in [6.45, 7) is 2.90. The lowest BCUT2D eigenvalue weighted by Crippen LogP contribution is -2.68. The predicted octanol–water partition coefficient (Wildman–Crippen LogP) is 3.16. The SMILES string of the molecule is CCOC(=O)C1(NC(C)=O)C(=O)NC(c2ccccc2)=CC1c1cc(OC)c(OC)cc1Br. The van der Waals surface area contributed by atoms with Crippen LogP contribution in [-0.4, -0.2) is 44.1 Å². The maximum Gasteiger partial charge on any atom is 0.342 e. The van der Waals surface area contributed by atoms with Gasteiger partial charge in [0.1, 0.15) is 0 Å². The lowest BCUT2D eigenvalue weighted by atomic mass is 9.74. The second-order valence-corrected chi connectivity index (χ2v) is 8.17. The van der Waals surface area contributed by atoms with Crippen LogP contribution in [0.3, 0.4) is 0 Å². The van der Waals surface area contributed by atoms with Crippen molar-refractivity contribution in [2.24, 2.45) is 0 Å². The van der Waals surface area contributed by atoms with Crippen molar-refractivity contribution in [1.82, 2.24) is 10.6 Å². The first-order chi connectivity index (χ1) is 15.8. The number of hydrogen-bond donors (Lipinski definition) is 2. The molecule has 0 saturated carbocycles. The molecular weight excluding hydrogens is 492 g/mol. The number of esters is 1. The number of benzene rings is 2. The van der Waals surface area contributed by atoms with E-state index in [-0.39, 0.29) is 6.61 Å². The van der Waals surface area contributed by atoms with E-state index in [1.54, 1.807) is 25.1 Å². The third-order valence-corrected chi connectivity index (χ3v) is 5.99. The molecule has 8 nitrogen and oxygen atoms in total. The summed E-state index contributed by atoms with van der Waals surface area (Å²) in [5.74, 6) is -2.20. The van der Waals surface area contributed by atoms with Gasteiger partial charge in [0.15, 0.2) is 11.5 Å². The molecule has 2 N–H and O–H groups in total. The van der Waals surface area contributed by atoms with Gasteiger partial charge >= 0.3 is 5.97 Å². The number of nitrogens with one attached hydrogen (secondary N) is 2. The fraction of sp³-hybridized carbons (Fsp3) is 0.292. The molecule has 2 atom stereocenters. The van der Waals surface area contributed by atoms with E-state index in [1.165, 1.54) is 21.1 Å². The Kier molecular flexibility index (Phi) is 7.43. The van der Waals surface area contributed by atoms with Gasteiger partial charge in [0.25, 0.3) is 5.91 Å². The average Bonchev–Trinajstić information content (AvgIpc) is 2.80. The van der Waals surface area contributed by atoms with Crippen molar-refractivity contribution in [2.75, 3.05) is 20.8 Å². The minimum absolute atomic E-state index is 0.0303. The van der Waals surface area contributed by atoms with E-state index in [1.807, 2.05) is 30.3 Å². The van der Waals surface area contributed by atoms with Gasteiger partial charge in [-0.2, -0.15) is 0 Å². The van der Waals surface area contributed by atoms with E-state index in [0.29, 0.717) is 27.2 Å². The van der Waals surface area contributed by atoms with Gasteiger partial charge in [0.05, 0.1) is 20.8 Å². The number of carbonyl (C=O) groups is 3. The molecule has 1 heterocycles. The number of carbonyl (C=O) groups excluding carboxylic acids is 3. The molecule has 2 aromatic rings. The normalized spacial score (nSPS) is 19.7. The van der Waals surface area contributed by atoms with Crippen LogP contribution in [0.4, 0.5) is 0 Å². The molecule has 3 rings (SSSR count). The Hall–Kier alpha value is -3.33. The first-order valence-corrected chi connectivity index (χ1v) is 11.0. The Labute approximate surface area is 200 Å². The lowest BCUT2D eigenvalue weighted by molar-refractivity contribution is -0.158. The van der Waals surface area contributed by atoms with Crippen LogP contribution in [0, 0.1) is 0 Å². The molecule has 0 aromatic heterocycles. The molecule has 0 spiro atoms. The van der Waals surface area contributed by atoms with Gasteiger partial charge in [0.2, 0.25) is 11.4 Å². The van der Waals surface area contributed by atoms with Crippen molar-refractivity contribution in [3.8, 4) is 11.5 Å². The fourth-order valence-corrected chi connectivity index (χ4v) is 4.41. The molecule has 1 aliphatic rings. The van der Waals surface area contributed by atoms with Crippen LogP contribution in [0.5, 0.6) is 11.5 Å². The first-order valence-electron chi connectivity index (χ1n) is 10.2. The monoisotopic (exact) mass is 516 g/mol. The van der Waals surface area contributed by atoms with Crippen LogP contribution < -0.4 is 20.1 Å². The smallest absolute Gasteiger partial charge is 0.342 e. The standard InChI is InChI=1S/C24H25BrN2O6/c1-5-33-23(30)24(27-14(2)28)17(16-11-20(31-3)21(32-4)13-18(16)25)12-19(26-22(24)29)15-9-7-6-8-10-15/h6-13,17H,5H2,1-4H3,(H,26,29)(H,27,28). The van der Waals surface area contributed by atoms with E-state index in [9.17, 15) is 14.4 Å². The minimum Gasteiger partial charge on any atom is -0.493 e. The number of rotatable bonds is 7. The Bertz CT molecular complexity index is 1100. The van der Waals surface area contributed by atoms with Crippen LogP contribution in [0.25, 0.3) is 5.70 Å². The molecule has 0 fully saturated rings. The van der Waals surface area contributed by atoms with E-state index in [0.717, 1.165) is 5.56 Å². The molecular formula is C24H25BrN2O6. The summed E-state index contributed by atoms with van der Waals surface area (Å²) >= 11 is 3.53. The maximum absolute atomic E-state index is 13.6. The summed E-state index contributed by atoms with van der Waals surface area (Å²) in [6, 6.07) is 12.6. The summed E-state index contributed by atoms with van der Waals surface area (Å²) in [7, 11) is 2.99. The Balaban J connectivity index is 2.33. The lowest BCUT2D eigenvalue weighted by Gasteiger charge is -2.40. The van der Waals surface area contributed by atoms with Gasteiger partial charge in [-0.3, -0.25) is 9.59 Å². The summed E-state index contributed by atoms with van der Waals surface area (Å²) in [4.78, 5) is 39.1. The van der Waals surface area contributed by atoms with Crippen molar-refractivity contribution < 1.29 is 28.6 Å².